The highest BCUT2D eigenvalue weighted by molar-refractivity contribution is 9.10. The smallest absolute Gasteiger partial charge is 0.290 e. The topological polar surface area (TPSA) is 111 Å². The lowest BCUT2D eigenvalue weighted by Gasteiger charge is -2.27. The summed E-state index contributed by atoms with van der Waals surface area (Å²) in [5.74, 6) is -0.951. The van der Waals surface area contributed by atoms with Crippen LogP contribution in [0.15, 0.2) is 81.1 Å². The number of ketones is 1. The Kier molecular flexibility index (Phi) is 6.81. The van der Waals surface area contributed by atoms with Gasteiger partial charge in [-0.3, -0.25) is 14.6 Å². The highest BCUT2D eigenvalue weighted by atomic mass is 79.9. The van der Waals surface area contributed by atoms with Crippen molar-refractivity contribution in [1.29, 1.82) is 0 Å². The number of furan rings is 1. The van der Waals surface area contributed by atoms with Crippen LogP contribution in [0.1, 0.15) is 27.7 Å². The molecular formula is C28H23BrN2O7. The number of fused-ring (bicyclic) bond motifs is 1. The van der Waals surface area contributed by atoms with Gasteiger partial charge >= 0.3 is 0 Å². The molecule has 38 heavy (non-hydrogen) atoms. The van der Waals surface area contributed by atoms with Crippen molar-refractivity contribution in [2.75, 3.05) is 21.3 Å². The van der Waals surface area contributed by atoms with Crippen LogP contribution in [0.2, 0.25) is 0 Å². The van der Waals surface area contributed by atoms with E-state index in [1.54, 1.807) is 54.9 Å². The minimum absolute atomic E-state index is 0.00637. The van der Waals surface area contributed by atoms with E-state index in [1.807, 2.05) is 6.07 Å². The number of methoxy groups -OCH3 is 3. The monoisotopic (exact) mass is 578 g/mol. The van der Waals surface area contributed by atoms with Gasteiger partial charge in [0.05, 0.1) is 32.9 Å². The van der Waals surface area contributed by atoms with Crippen molar-refractivity contribution in [2.24, 2.45) is 0 Å². The van der Waals surface area contributed by atoms with E-state index in [9.17, 15) is 14.7 Å². The predicted octanol–water partition coefficient (Wildman–Crippen LogP) is 5.39. The largest absolute Gasteiger partial charge is 0.503 e. The van der Waals surface area contributed by atoms with E-state index >= 15 is 0 Å². The molecule has 3 heterocycles. The second-order valence-electron chi connectivity index (χ2n) is 8.54. The summed E-state index contributed by atoms with van der Waals surface area (Å²) in [7, 11) is 4.43. The Balaban J connectivity index is 1.67. The maximum Gasteiger partial charge on any atom is 0.290 e. The fourth-order valence-electron chi connectivity index (χ4n) is 4.60. The fourth-order valence-corrected chi connectivity index (χ4v) is 4.98. The van der Waals surface area contributed by atoms with Crippen molar-refractivity contribution in [3.8, 4) is 17.2 Å². The van der Waals surface area contributed by atoms with E-state index in [2.05, 4.69) is 20.9 Å². The number of rotatable bonds is 8. The summed E-state index contributed by atoms with van der Waals surface area (Å²) >= 11 is 3.41. The molecule has 0 radical (unpaired) electrons. The Morgan fingerprint density at radius 1 is 1.08 bits per heavy atom. The van der Waals surface area contributed by atoms with Crippen molar-refractivity contribution in [3.05, 3.63) is 93.6 Å². The molecule has 0 saturated carbocycles. The number of Topliss-reactive ketones (excluding diaryl/α,β-unsaturated/α-hetero) is 1. The summed E-state index contributed by atoms with van der Waals surface area (Å²) in [5, 5.41) is 11.8. The molecule has 1 amide bonds. The summed E-state index contributed by atoms with van der Waals surface area (Å²) in [4.78, 5) is 32.8. The van der Waals surface area contributed by atoms with Gasteiger partial charge in [0, 0.05) is 28.8 Å². The molecule has 0 fully saturated rings. The van der Waals surface area contributed by atoms with Gasteiger partial charge in [-0.2, -0.15) is 0 Å². The number of aromatic nitrogens is 1. The zero-order chi connectivity index (χ0) is 27.0. The number of hydrogen-bond acceptors (Lipinski definition) is 8. The van der Waals surface area contributed by atoms with Crippen LogP contribution in [0.4, 0.5) is 0 Å². The third-order valence-electron chi connectivity index (χ3n) is 6.33. The quantitative estimate of drug-likeness (QED) is 0.277. The number of aliphatic hydroxyl groups excluding tert-OH is 1. The first kappa shape index (κ1) is 25.3. The lowest BCUT2D eigenvalue weighted by molar-refractivity contribution is -0.130. The molecule has 2 aromatic carbocycles. The van der Waals surface area contributed by atoms with Crippen LogP contribution in [0, 0.1) is 0 Å². The number of halogens is 1. The Labute approximate surface area is 226 Å². The van der Waals surface area contributed by atoms with Crippen LogP contribution in [0.5, 0.6) is 17.2 Å². The van der Waals surface area contributed by atoms with Crippen LogP contribution in [0.3, 0.4) is 0 Å². The molecule has 194 valence electrons. The SMILES string of the molecule is COc1cc(C2C(C(=O)c3cc4cc(Br)ccc4o3)=C(O)C(=O)N2Cc2cccnc2)cc(OC)c1OC. The van der Waals surface area contributed by atoms with Crippen LogP contribution >= 0.6 is 15.9 Å². The zero-order valence-corrected chi connectivity index (χ0v) is 22.3. The number of nitrogens with zero attached hydrogens (tertiary/aromatic N) is 2. The number of amides is 1. The van der Waals surface area contributed by atoms with Crippen molar-refractivity contribution in [2.45, 2.75) is 12.6 Å². The summed E-state index contributed by atoms with van der Waals surface area (Å²) in [6.45, 7) is 0.0852. The second kappa shape index (κ2) is 10.2. The third kappa shape index (κ3) is 4.37. The summed E-state index contributed by atoms with van der Waals surface area (Å²) in [6, 6.07) is 12.8. The van der Waals surface area contributed by atoms with Crippen molar-refractivity contribution >= 4 is 38.6 Å². The predicted molar refractivity (Wildman–Crippen MR) is 142 cm³/mol. The molecule has 1 N–H and O–H groups in total. The van der Waals surface area contributed by atoms with Crippen LogP contribution in [-0.2, 0) is 11.3 Å². The van der Waals surface area contributed by atoms with E-state index < -0.39 is 23.5 Å². The third-order valence-corrected chi connectivity index (χ3v) is 6.82. The molecule has 0 saturated heterocycles. The van der Waals surface area contributed by atoms with E-state index in [0.29, 0.717) is 39.3 Å². The lowest BCUT2D eigenvalue weighted by Crippen LogP contribution is -2.30. The van der Waals surface area contributed by atoms with Gasteiger partial charge in [-0.1, -0.05) is 22.0 Å². The molecule has 1 unspecified atom stereocenters. The van der Waals surface area contributed by atoms with E-state index in [1.165, 1.54) is 26.2 Å². The number of ether oxygens (including phenoxy) is 3. The highest BCUT2D eigenvalue weighted by Crippen LogP contribution is 2.46. The van der Waals surface area contributed by atoms with Gasteiger partial charge in [-0.25, -0.2) is 0 Å². The zero-order valence-electron chi connectivity index (χ0n) is 20.7. The van der Waals surface area contributed by atoms with Gasteiger partial charge in [0.2, 0.25) is 11.5 Å². The number of benzene rings is 2. The van der Waals surface area contributed by atoms with Gasteiger partial charge in [0.25, 0.3) is 5.91 Å². The Morgan fingerprint density at radius 3 is 2.45 bits per heavy atom. The van der Waals surface area contributed by atoms with Crippen LogP contribution in [0.25, 0.3) is 11.0 Å². The molecule has 1 aliphatic rings. The average molecular weight is 579 g/mol. The average Bonchev–Trinajstić information content (AvgIpc) is 3.46. The minimum atomic E-state index is -0.983. The minimum Gasteiger partial charge on any atom is -0.503 e. The number of carbonyl (C=O) groups is 2. The summed E-state index contributed by atoms with van der Waals surface area (Å²) < 4.78 is 23.1. The van der Waals surface area contributed by atoms with Gasteiger partial charge in [0.1, 0.15) is 5.58 Å². The molecular weight excluding hydrogens is 556 g/mol. The number of carbonyl (C=O) groups excluding carboxylic acids is 2. The van der Waals surface area contributed by atoms with Crippen molar-refractivity contribution in [3.63, 3.8) is 0 Å². The first-order valence-electron chi connectivity index (χ1n) is 11.5. The standard InChI is InChI=1S/C28H23BrN2O7/c1-35-21-11-17(12-22(36-2)27(21)37-3)24-23(25(32)20-10-16-9-18(29)6-7-19(16)38-20)26(33)28(34)31(24)14-15-5-4-8-30-13-15/h4-13,24,33H,14H2,1-3H3. The normalized spacial score (nSPS) is 15.3. The Bertz CT molecular complexity index is 1550. The molecule has 10 heteroatoms. The molecule has 5 rings (SSSR count). The Hall–Kier alpha value is -4.31. The van der Waals surface area contributed by atoms with Crippen molar-refractivity contribution in [1.82, 2.24) is 9.88 Å². The van der Waals surface area contributed by atoms with E-state index in [4.69, 9.17) is 18.6 Å². The molecule has 2 aromatic heterocycles. The maximum absolute atomic E-state index is 13.9. The molecule has 0 aliphatic carbocycles. The first-order chi connectivity index (χ1) is 18.4. The van der Waals surface area contributed by atoms with Crippen molar-refractivity contribution < 1.29 is 33.3 Å². The molecule has 1 atom stereocenters. The Morgan fingerprint density at radius 2 is 1.82 bits per heavy atom. The molecule has 1 aliphatic heterocycles. The van der Waals surface area contributed by atoms with Crippen LogP contribution in [-0.4, -0.2) is 48.0 Å². The maximum atomic E-state index is 13.9. The van der Waals surface area contributed by atoms with Crippen LogP contribution < -0.4 is 14.2 Å². The van der Waals surface area contributed by atoms with E-state index in [-0.39, 0.29) is 17.9 Å². The van der Waals surface area contributed by atoms with Gasteiger partial charge in [-0.05, 0) is 53.6 Å². The van der Waals surface area contributed by atoms with Gasteiger partial charge in [-0.15, -0.1) is 0 Å². The summed E-state index contributed by atoms with van der Waals surface area (Å²) in [5.41, 5.74) is 1.57. The number of aliphatic hydroxyl groups is 1. The molecule has 9 nitrogen and oxygen atoms in total. The van der Waals surface area contributed by atoms with Gasteiger partial charge < -0.3 is 28.6 Å². The van der Waals surface area contributed by atoms with Gasteiger partial charge in [0.15, 0.2) is 23.0 Å². The lowest BCUT2D eigenvalue weighted by atomic mass is 9.94. The molecule has 0 bridgehead atoms. The summed E-state index contributed by atoms with van der Waals surface area (Å²) in [6.07, 6.45) is 3.24. The highest BCUT2D eigenvalue weighted by Gasteiger charge is 2.45. The number of hydrogen-bond donors (Lipinski definition) is 1. The fraction of sp³-hybridized carbons (Fsp3) is 0.179. The molecule has 4 aromatic rings. The second-order valence-corrected chi connectivity index (χ2v) is 9.46. The first-order valence-corrected chi connectivity index (χ1v) is 12.3. The van der Waals surface area contributed by atoms with E-state index in [0.717, 1.165) is 4.47 Å². The molecule has 0 spiro atoms. The number of pyridine rings is 1.